The summed E-state index contributed by atoms with van der Waals surface area (Å²) >= 11 is 3.31. The summed E-state index contributed by atoms with van der Waals surface area (Å²) in [7, 11) is 0. The summed E-state index contributed by atoms with van der Waals surface area (Å²) < 4.78 is 5.88. The van der Waals surface area contributed by atoms with Crippen LogP contribution in [0.2, 0.25) is 0 Å². The Morgan fingerprint density at radius 3 is 2.11 bits per heavy atom. The van der Waals surface area contributed by atoms with Crippen LogP contribution in [0.15, 0.2) is 28.7 Å². The number of carbonyl (C=O) groups excluding carboxylic acids is 2. The second-order valence-electron chi connectivity index (χ2n) is 7.07. The van der Waals surface area contributed by atoms with Crippen LogP contribution >= 0.6 is 15.9 Å². The Labute approximate surface area is 171 Å². The number of rotatable bonds is 15. The molecule has 1 aromatic rings. The number of halogens is 1. The van der Waals surface area contributed by atoms with Gasteiger partial charge in [0.05, 0.1) is 12.5 Å². The summed E-state index contributed by atoms with van der Waals surface area (Å²) in [5, 5.41) is 9.94. The number of ether oxygens (including phenoxy) is 1. The second-order valence-corrected chi connectivity index (χ2v) is 7.98. The van der Waals surface area contributed by atoms with E-state index in [0.29, 0.717) is 12.0 Å². The van der Waals surface area contributed by atoms with E-state index < -0.39 is 12.1 Å². The average molecular weight is 441 g/mol. The lowest BCUT2D eigenvalue weighted by Crippen LogP contribution is -2.19. The molecule has 0 saturated heterocycles. The van der Waals surface area contributed by atoms with Crippen LogP contribution in [0.25, 0.3) is 0 Å². The van der Waals surface area contributed by atoms with E-state index in [1.54, 1.807) is 24.3 Å². The third-order valence-corrected chi connectivity index (χ3v) is 5.10. The van der Waals surface area contributed by atoms with Crippen LogP contribution in [0.3, 0.4) is 0 Å². The summed E-state index contributed by atoms with van der Waals surface area (Å²) in [5.74, 6) is -0.770. The third kappa shape index (κ3) is 12.0. The van der Waals surface area contributed by atoms with Gasteiger partial charge in [-0.15, -0.1) is 0 Å². The van der Waals surface area contributed by atoms with Crippen LogP contribution < -0.4 is 0 Å². The van der Waals surface area contributed by atoms with E-state index in [1.807, 2.05) is 0 Å². The molecule has 4 nitrogen and oxygen atoms in total. The lowest BCUT2D eigenvalue weighted by molar-refractivity contribution is -0.144. The number of unbranched alkanes of at least 4 members (excludes halogenated alkanes) is 8. The Hall–Kier alpha value is -1.20. The Kier molecular flexibility index (Phi) is 13.1. The molecule has 0 amide bonds. The standard InChI is InChI=1S/C22H33BrO4/c1-2-3-4-5-6-7-8-9-10-11-20(24)16-22(26)27-17-21(25)18-12-14-19(23)15-13-18/h12-15,20,24H,2-11,16-17H2,1H3/t20-/m1/s1. The minimum absolute atomic E-state index is 0.0510. The molecule has 0 aliphatic heterocycles. The van der Waals surface area contributed by atoms with E-state index in [9.17, 15) is 14.7 Å². The molecule has 0 aromatic heterocycles. The van der Waals surface area contributed by atoms with E-state index >= 15 is 0 Å². The van der Waals surface area contributed by atoms with Gasteiger partial charge in [0.15, 0.2) is 12.4 Å². The van der Waals surface area contributed by atoms with Crippen LogP contribution in [-0.2, 0) is 9.53 Å². The Morgan fingerprint density at radius 2 is 1.52 bits per heavy atom. The summed E-state index contributed by atoms with van der Waals surface area (Å²) in [6.07, 6.45) is 10.9. The van der Waals surface area contributed by atoms with Gasteiger partial charge < -0.3 is 9.84 Å². The first-order valence-corrected chi connectivity index (χ1v) is 10.9. The molecule has 1 aromatic carbocycles. The highest BCUT2D eigenvalue weighted by atomic mass is 79.9. The van der Waals surface area contributed by atoms with Crippen molar-refractivity contribution in [2.45, 2.75) is 83.7 Å². The molecule has 0 aliphatic carbocycles. The summed E-state index contributed by atoms with van der Waals surface area (Å²) in [5.41, 5.74) is 0.501. The first kappa shape index (κ1) is 23.8. The van der Waals surface area contributed by atoms with Crippen molar-refractivity contribution in [2.75, 3.05) is 6.61 Å². The summed E-state index contributed by atoms with van der Waals surface area (Å²) in [6, 6.07) is 6.89. The third-order valence-electron chi connectivity index (χ3n) is 4.57. The van der Waals surface area contributed by atoms with Crippen molar-refractivity contribution in [3.8, 4) is 0 Å². The number of ketones is 1. The molecule has 1 N–H and O–H groups in total. The normalized spacial score (nSPS) is 12.0. The van der Waals surface area contributed by atoms with Gasteiger partial charge in [-0.05, 0) is 18.6 Å². The summed E-state index contributed by atoms with van der Waals surface area (Å²) in [4.78, 5) is 23.7. The summed E-state index contributed by atoms with van der Waals surface area (Å²) in [6.45, 7) is 1.94. The molecule has 1 rings (SSSR count). The Morgan fingerprint density at radius 1 is 0.963 bits per heavy atom. The molecule has 0 aliphatic rings. The van der Waals surface area contributed by atoms with E-state index in [4.69, 9.17) is 4.74 Å². The van der Waals surface area contributed by atoms with Gasteiger partial charge in [-0.2, -0.15) is 0 Å². The Balaban J connectivity index is 2.05. The van der Waals surface area contributed by atoms with Crippen molar-refractivity contribution in [3.05, 3.63) is 34.3 Å². The van der Waals surface area contributed by atoms with Crippen molar-refractivity contribution in [2.24, 2.45) is 0 Å². The number of aliphatic hydroxyl groups excluding tert-OH is 1. The SMILES string of the molecule is CCCCCCCCCCC[C@@H](O)CC(=O)OCC(=O)c1ccc(Br)cc1. The number of benzene rings is 1. The van der Waals surface area contributed by atoms with E-state index in [2.05, 4.69) is 22.9 Å². The molecule has 152 valence electrons. The fourth-order valence-electron chi connectivity index (χ4n) is 2.91. The molecule has 0 fully saturated rings. The molecule has 0 heterocycles. The van der Waals surface area contributed by atoms with Gasteiger partial charge in [0, 0.05) is 10.0 Å². The molecule has 0 unspecified atom stereocenters. The van der Waals surface area contributed by atoms with Crippen LogP contribution in [0.5, 0.6) is 0 Å². The number of aliphatic hydroxyl groups is 1. The maximum atomic E-state index is 11.9. The van der Waals surface area contributed by atoms with Crippen LogP contribution in [-0.4, -0.2) is 29.6 Å². The highest BCUT2D eigenvalue weighted by Gasteiger charge is 2.14. The molecule has 0 radical (unpaired) electrons. The molecule has 1 atom stereocenters. The predicted molar refractivity (Wildman–Crippen MR) is 112 cm³/mol. The zero-order valence-electron chi connectivity index (χ0n) is 16.4. The smallest absolute Gasteiger partial charge is 0.308 e. The van der Waals surface area contributed by atoms with Crippen molar-refractivity contribution < 1.29 is 19.4 Å². The van der Waals surface area contributed by atoms with Crippen LogP contribution in [0.1, 0.15) is 87.9 Å². The van der Waals surface area contributed by atoms with Crippen LogP contribution in [0.4, 0.5) is 0 Å². The molecule has 27 heavy (non-hydrogen) atoms. The first-order valence-electron chi connectivity index (χ1n) is 10.2. The van der Waals surface area contributed by atoms with Crippen molar-refractivity contribution in [1.82, 2.24) is 0 Å². The lowest BCUT2D eigenvalue weighted by atomic mass is 10.0. The molecule has 0 saturated carbocycles. The highest BCUT2D eigenvalue weighted by molar-refractivity contribution is 9.10. The predicted octanol–water partition coefficient (Wildman–Crippen LogP) is 5.85. The maximum absolute atomic E-state index is 11.9. The average Bonchev–Trinajstić information content (AvgIpc) is 2.65. The van der Waals surface area contributed by atoms with Gasteiger partial charge in [-0.3, -0.25) is 9.59 Å². The number of hydrogen-bond acceptors (Lipinski definition) is 4. The van der Waals surface area contributed by atoms with Gasteiger partial charge in [0.25, 0.3) is 0 Å². The zero-order chi connectivity index (χ0) is 19.9. The van der Waals surface area contributed by atoms with Crippen molar-refractivity contribution in [3.63, 3.8) is 0 Å². The number of carbonyl (C=O) groups is 2. The quantitative estimate of drug-likeness (QED) is 0.211. The lowest BCUT2D eigenvalue weighted by Gasteiger charge is -2.10. The van der Waals surface area contributed by atoms with E-state index in [-0.39, 0.29) is 18.8 Å². The zero-order valence-corrected chi connectivity index (χ0v) is 18.0. The maximum Gasteiger partial charge on any atom is 0.308 e. The van der Waals surface area contributed by atoms with Gasteiger partial charge in [-0.1, -0.05) is 92.8 Å². The molecule has 5 heteroatoms. The van der Waals surface area contributed by atoms with Crippen LogP contribution in [0, 0.1) is 0 Å². The Bertz CT molecular complexity index is 542. The molecule has 0 bridgehead atoms. The first-order chi connectivity index (χ1) is 13.0. The monoisotopic (exact) mass is 440 g/mol. The topological polar surface area (TPSA) is 63.6 Å². The van der Waals surface area contributed by atoms with Crippen molar-refractivity contribution >= 4 is 27.7 Å². The molecular weight excluding hydrogens is 408 g/mol. The molecule has 0 spiro atoms. The fourth-order valence-corrected chi connectivity index (χ4v) is 3.17. The minimum Gasteiger partial charge on any atom is -0.457 e. The van der Waals surface area contributed by atoms with Gasteiger partial charge >= 0.3 is 5.97 Å². The number of Topliss-reactive ketones (excluding diaryl/α,β-unsaturated/α-hetero) is 1. The van der Waals surface area contributed by atoms with Gasteiger partial charge in [0.2, 0.25) is 0 Å². The number of hydrogen-bond donors (Lipinski definition) is 1. The largest absolute Gasteiger partial charge is 0.457 e. The van der Waals surface area contributed by atoms with Gasteiger partial charge in [0.1, 0.15) is 0 Å². The van der Waals surface area contributed by atoms with E-state index in [1.165, 1.54) is 44.9 Å². The van der Waals surface area contributed by atoms with Crippen molar-refractivity contribution in [1.29, 1.82) is 0 Å². The molecular formula is C22H33BrO4. The van der Waals surface area contributed by atoms with E-state index in [0.717, 1.165) is 17.3 Å². The number of esters is 1. The second kappa shape index (κ2) is 14.8. The fraction of sp³-hybridized carbons (Fsp3) is 0.636. The van der Waals surface area contributed by atoms with Gasteiger partial charge in [-0.25, -0.2) is 0 Å². The highest BCUT2D eigenvalue weighted by Crippen LogP contribution is 2.13. The minimum atomic E-state index is -0.690.